The van der Waals surface area contributed by atoms with Crippen LogP contribution in [-0.2, 0) is 0 Å². The molecule has 0 spiro atoms. The van der Waals surface area contributed by atoms with Crippen LogP contribution in [0.15, 0.2) is 96.3 Å². The first-order valence-corrected chi connectivity index (χ1v) is 14.1. The number of H-pyrrole nitrogens is 1. The average Bonchev–Trinajstić information content (AvgIpc) is 3.77. The molecule has 4 aromatic heterocycles. The third kappa shape index (κ3) is 5.10. The monoisotopic (exact) mass is 608 g/mol. The van der Waals surface area contributed by atoms with Crippen LogP contribution in [0.5, 0.6) is 17.4 Å². The highest BCUT2D eigenvalue weighted by Gasteiger charge is 2.21. The van der Waals surface area contributed by atoms with Gasteiger partial charge in [0.25, 0.3) is 5.56 Å². The molecule has 0 bridgehead atoms. The number of anilines is 1. The maximum absolute atomic E-state index is 15.5. The largest absolute Gasteiger partial charge is 0.476 e. The molecule has 1 atom stereocenters. The van der Waals surface area contributed by atoms with Crippen molar-refractivity contribution < 1.29 is 23.4 Å². The summed E-state index contributed by atoms with van der Waals surface area (Å²) in [5.74, 6) is -0.572. The van der Waals surface area contributed by atoms with E-state index in [0.29, 0.717) is 11.4 Å². The SMILES string of the molecule is CC(C)Oc1ccc(C(O)Nc2ccc(Oc3cc4cnn5ccc(c3-c3cn[nH]c3)c45)c(F)c2)c(=O)n1-c1ccc(F)cc1. The molecule has 10 nitrogen and oxygen atoms in total. The molecule has 12 heteroatoms. The van der Waals surface area contributed by atoms with Gasteiger partial charge in [-0.3, -0.25) is 9.89 Å². The number of aliphatic hydroxyl groups excluding tert-OH is 1. The Morgan fingerprint density at radius 1 is 0.978 bits per heavy atom. The molecule has 0 aliphatic rings. The Labute approximate surface area is 254 Å². The van der Waals surface area contributed by atoms with Gasteiger partial charge in [0.05, 0.1) is 35.3 Å². The van der Waals surface area contributed by atoms with Crippen molar-refractivity contribution >= 4 is 22.0 Å². The fraction of sp³-hybridized carbons (Fsp3) is 0.121. The Kier molecular flexibility index (Phi) is 6.90. The maximum Gasteiger partial charge on any atom is 0.265 e. The zero-order chi connectivity index (χ0) is 31.2. The van der Waals surface area contributed by atoms with Gasteiger partial charge in [0.15, 0.2) is 17.8 Å². The Balaban J connectivity index is 1.18. The summed E-state index contributed by atoms with van der Waals surface area (Å²) in [6.07, 6.45) is 5.19. The number of benzene rings is 3. The molecule has 0 aliphatic carbocycles. The molecular formula is C33H26F2N6O4. The lowest BCUT2D eigenvalue weighted by atomic mass is 10.0. The summed E-state index contributed by atoms with van der Waals surface area (Å²) in [4.78, 5) is 13.5. The summed E-state index contributed by atoms with van der Waals surface area (Å²) in [5.41, 5.74) is 2.35. The van der Waals surface area contributed by atoms with Gasteiger partial charge < -0.3 is 19.9 Å². The quantitative estimate of drug-likeness (QED) is 0.162. The molecule has 0 aliphatic heterocycles. The number of halogens is 2. The van der Waals surface area contributed by atoms with E-state index in [9.17, 15) is 14.3 Å². The number of hydrogen-bond acceptors (Lipinski definition) is 7. The Morgan fingerprint density at radius 3 is 2.53 bits per heavy atom. The summed E-state index contributed by atoms with van der Waals surface area (Å²) in [7, 11) is 0. The van der Waals surface area contributed by atoms with E-state index >= 15 is 4.39 Å². The van der Waals surface area contributed by atoms with E-state index in [0.717, 1.165) is 27.4 Å². The summed E-state index contributed by atoms with van der Waals surface area (Å²) in [6, 6.07) is 16.1. The van der Waals surface area contributed by atoms with Crippen LogP contribution in [0.4, 0.5) is 14.5 Å². The van der Waals surface area contributed by atoms with Crippen molar-refractivity contribution in [2.24, 2.45) is 0 Å². The van der Waals surface area contributed by atoms with Crippen LogP contribution in [-0.4, -0.2) is 35.6 Å². The molecule has 45 heavy (non-hydrogen) atoms. The second-order valence-electron chi connectivity index (χ2n) is 10.7. The van der Waals surface area contributed by atoms with E-state index in [1.165, 1.54) is 53.1 Å². The zero-order valence-corrected chi connectivity index (χ0v) is 24.0. The molecule has 3 aromatic carbocycles. The molecule has 0 fully saturated rings. The Bertz CT molecular complexity index is 2190. The number of aromatic nitrogens is 5. The van der Waals surface area contributed by atoms with E-state index in [1.807, 2.05) is 26.1 Å². The number of nitrogens with one attached hydrogen (secondary N) is 2. The van der Waals surface area contributed by atoms with Crippen LogP contribution in [0.25, 0.3) is 33.1 Å². The van der Waals surface area contributed by atoms with Gasteiger partial charge in [0, 0.05) is 46.0 Å². The summed E-state index contributed by atoms with van der Waals surface area (Å²) in [6.45, 7) is 3.62. The molecule has 0 amide bonds. The van der Waals surface area contributed by atoms with Gasteiger partial charge in [0.1, 0.15) is 11.6 Å². The Hall–Kier alpha value is -5.75. The highest BCUT2D eigenvalue weighted by molar-refractivity contribution is 6.07. The van der Waals surface area contributed by atoms with Gasteiger partial charge in [-0.2, -0.15) is 10.2 Å². The van der Waals surface area contributed by atoms with Gasteiger partial charge in [-0.1, -0.05) is 0 Å². The minimum atomic E-state index is -1.51. The average molecular weight is 609 g/mol. The van der Waals surface area contributed by atoms with E-state index < -0.39 is 23.4 Å². The number of nitrogens with zero attached hydrogens (tertiary/aromatic N) is 4. The Morgan fingerprint density at radius 2 is 1.80 bits per heavy atom. The summed E-state index contributed by atoms with van der Waals surface area (Å²) in [5, 5.41) is 26.7. The minimum absolute atomic E-state index is 0.0270. The van der Waals surface area contributed by atoms with Crippen molar-refractivity contribution in [2.75, 3.05) is 5.32 Å². The van der Waals surface area contributed by atoms with Gasteiger partial charge in [-0.15, -0.1) is 0 Å². The molecule has 3 N–H and O–H groups in total. The van der Waals surface area contributed by atoms with Gasteiger partial charge in [-0.25, -0.2) is 17.9 Å². The number of hydrogen-bond donors (Lipinski definition) is 3. The second-order valence-corrected chi connectivity index (χ2v) is 10.7. The smallest absolute Gasteiger partial charge is 0.265 e. The van der Waals surface area contributed by atoms with Crippen molar-refractivity contribution in [3.05, 3.63) is 119 Å². The van der Waals surface area contributed by atoms with Crippen molar-refractivity contribution in [1.29, 1.82) is 0 Å². The first kappa shape index (κ1) is 28.0. The normalized spacial score (nSPS) is 12.3. The molecule has 4 heterocycles. The van der Waals surface area contributed by atoms with Crippen LogP contribution in [0, 0.1) is 11.6 Å². The molecule has 0 radical (unpaired) electrons. The van der Waals surface area contributed by atoms with E-state index in [1.54, 1.807) is 35.2 Å². The molecule has 1 unspecified atom stereocenters. The second kappa shape index (κ2) is 11.1. The van der Waals surface area contributed by atoms with E-state index in [-0.39, 0.29) is 29.0 Å². The number of aromatic amines is 1. The van der Waals surface area contributed by atoms with Gasteiger partial charge in [-0.05, 0) is 74.5 Å². The van der Waals surface area contributed by atoms with Gasteiger partial charge >= 0.3 is 0 Å². The van der Waals surface area contributed by atoms with Crippen LogP contribution in [0.2, 0.25) is 0 Å². The minimum Gasteiger partial charge on any atom is -0.476 e. The van der Waals surface area contributed by atoms with Crippen molar-refractivity contribution in [3.8, 4) is 34.2 Å². The van der Waals surface area contributed by atoms with Gasteiger partial charge in [0.2, 0.25) is 5.88 Å². The molecule has 7 aromatic rings. The van der Waals surface area contributed by atoms with Crippen molar-refractivity contribution in [2.45, 2.75) is 26.2 Å². The number of aliphatic hydroxyl groups is 1. The molecule has 7 rings (SSSR count). The van der Waals surface area contributed by atoms with Crippen molar-refractivity contribution in [3.63, 3.8) is 0 Å². The molecule has 0 saturated carbocycles. The first-order valence-electron chi connectivity index (χ1n) is 14.1. The first-order chi connectivity index (χ1) is 21.8. The predicted molar refractivity (Wildman–Crippen MR) is 164 cm³/mol. The number of pyridine rings is 1. The maximum atomic E-state index is 15.5. The highest BCUT2D eigenvalue weighted by atomic mass is 19.1. The lowest BCUT2D eigenvalue weighted by Gasteiger charge is -2.20. The number of rotatable bonds is 9. The molecular weight excluding hydrogens is 582 g/mol. The molecule has 0 saturated heterocycles. The third-order valence-corrected chi connectivity index (χ3v) is 7.32. The lowest BCUT2D eigenvalue weighted by Crippen LogP contribution is -2.28. The predicted octanol–water partition coefficient (Wildman–Crippen LogP) is 6.43. The molecule has 226 valence electrons. The fourth-order valence-corrected chi connectivity index (χ4v) is 5.35. The van der Waals surface area contributed by atoms with Crippen LogP contribution < -0.4 is 20.3 Å². The van der Waals surface area contributed by atoms with E-state index in [4.69, 9.17) is 9.47 Å². The topological polar surface area (TPSA) is 119 Å². The highest BCUT2D eigenvalue weighted by Crippen LogP contribution is 2.42. The fourth-order valence-electron chi connectivity index (χ4n) is 5.35. The summed E-state index contributed by atoms with van der Waals surface area (Å²) >= 11 is 0. The van der Waals surface area contributed by atoms with E-state index in [2.05, 4.69) is 20.6 Å². The zero-order valence-electron chi connectivity index (χ0n) is 24.0. The van der Waals surface area contributed by atoms with Crippen molar-refractivity contribution in [1.82, 2.24) is 24.4 Å². The van der Waals surface area contributed by atoms with Crippen LogP contribution in [0.1, 0.15) is 25.6 Å². The number of ether oxygens (including phenoxy) is 2. The summed E-state index contributed by atoms with van der Waals surface area (Å²) < 4.78 is 44.0. The standard InChI is InChI=1S/C33H26F2N6O4/c1-18(2)44-29-10-8-25(33(43)41(29)23-6-3-21(34)4-7-23)32(42)39-22-5-9-27(26(35)14-22)45-28-13-19-17-38-40-12-11-24(31(19)40)30(28)20-15-36-37-16-20/h3-18,32,39,42H,1-2H3,(H,36,37). The third-order valence-electron chi connectivity index (χ3n) is 7.32. The van der Waals surface area contributed by atoms with Crippen LogP contribution in [0.3, 0.4) is 0 Å². The van der Waals surface area contributed by atoms with Crippen LogP contribution >= 0.6 is 0 Å². The lowest BCUT2D eigenvalue weighted by molar-refractivity contribution is 0.203.